The molecule has 0 aromatic rings. The third kappa shape index (κ3) is 3.09. The minimum absolute atomic E-state index is 0.450. The van der Waals surface area contributed by atoms with Crippen molar-refractivity contribution >= 4 is 0 Å². The molecule has 0 radical (unpaired) electrons. The molecule has 0 bridgehead atoms. The van der Waals surface area contributed by atoms with Crippen molar-refractivity contribution in [3.63, 3.8) is 0 Å². The molecule has 1 saturated heterocycles. The van der Waals surface area contributed by atoms with Gasteiger partial charge in [-0.3, -0.25) is 4.90 Å². The molecule has 1 heterocycles. The van der Waals surface area contributed by atoms with Gasteiger partial charge in [-0.2, -0.15) is 0 Å². The molecule has 0 aromatic carbocycles. The van der Waals surface area contributed by atoms with Crippen LogP contribution in [-0.2, 0) is 4.74 Å². The van der Waals surface area contributed by atoms with Gasteiger partial charge in [0, 0.05) is 13.1 Å². The van der Waals surface area contributed by atoms with E-state index in [2.05, 4.69) is 17.1 Å². The summed E-state index contributed by atoms with van der Waals surface area (Å²) in [7, 11) is 1.99. The van der Waals surface area contributed by atoms with E-state index in [0.29, 0.717) is 6.10 Å². The fourth-order valence-corrected chi connectivity index (χ4v) is 1.55. The van der Waals surface area contributed by atoms with Crippen LogP contribution in [0.5, 0.6) is 0 Å². The molecular weight excluding hydrogens is 152 g/mol. The Morgan fingerprint density at radius 3 is 3.08 bits per heavy atom. The molecule has 1 rings (SSSR count). The van der Waals surface area contributed by atoms with Gasteiger partial charge < -0.3 is 10.1 Å². The van der Waals surface area contributed by atoms with E-state index in [-0.39, 0.29) is 0 Å². The van der Waals surface area contributed by atoms with Gasteiger partial charge in [0.1, 0.15) is 0 Å². The van der Waals surface area contributed by atoms with Crippen molar-refractivity contribution in [1.82, 2.24) is 10.2 Å². The molecule has 0 saturated carbocycles. The van der Waals surface area contributed by atoms with Crippen molar-refractivity contribution in [1.29, 1.82) is 0 Å². The number of morpholine rings is 1. The average molecular weight is 172 g/mol. The van der Waals surface area contributed by atoms with Crippen molar-refractivity contribution in [2.24, 2.45) is 0 Å². The largest absolute Gasteiger partial charge is 0.376 e. The number of nitrogens with zero attached hydrogens (tertiary/aromatic N) is 1. The predicted octanol–water partition coefficient (Wildman–Crippen LogP) is 0.317. The molecule has 0 amide bonds. The van der Waals surface area contributed by atoms with E-state index in [0.717, 1.165) is 39.2 Å². The van der Waals surface area contributed by atoms with E-state index in [1.165, 1.54) is 0 Å². The smallest absolute Gasteiger partial charge is 0.0714 e. The second-order valence-electron chi connectivity index (χ2n) is 3.28. The highest BCUT2D eigenvalue weighted by Crippen LogP contribution is 2.07. The first-order valence-electron chi connectivity index (χ1n) is 4.85. The molecule has 1 fully saturated rings. The van der Waals surface area contributed by atoms with E-state index in [1.54, 1.807) is 0 Å². The highest BCUT2D eigenvalue weighted by Gasteiger charge is 2.17. The van der Waals surface area contributed by atoms with Crippen molar-refractivity contribution in [3.8, 4) is 0 Å². The first kappa shape index (κ1) is 9.96. The van der Waals surface area contributed by atoms with Crippen LogP contribution >= 0.6 is 0 Å². The molecular formula is C9H20N2O. The SMILES string of the molecule is CCN1CCO[C@H](CCNC)C1. The Hall–Kier alpha value is -0.120. The summed E-state index contributed by atoms with van der Waals surface area (Å²) < 4.78 is 5.63. The van der Waals surface area contributed by atoms with Gasteiger partial charge in [-0.25, -0.2) is 0 Å². The van der Waals surface area contributed by atoms with Gasteiger partial charge in [-0.15, -0.1) is 0 Å². The molecule has 1 N–H and O–H groups in total. The minimum Gasteiger partial charge on any atom is -0.376 e. The van der Waals surface area contributed by atoms with Gasteiger partial charge in [0.15, 0.2) is 0 Å². The number of hydrogen-bond acceptors (Lipinski definition) is 3. The summed E-state index contributed by atoms with van der Waals surface area (Å²) >= 11 is 0. The van der Waals surface area contributed by atoms with Gasteiger partial charge in [0.25, 0.3) is 0 Å². The van der Waals surface area contributed by atoms with Crippen molar-refractivity contribution < 1.29 is 4.74 Å². The van der Waals surface area contributed by atoms with Crippen LogP contribution in [0.4, 0.5) is 0 Å². The summed E-state index contributed by atoms with van der Waals surface area (Å²) in [6.07, 6.45) is 1.58. The summed E-state index contributed by atoms with van der Waals surface area (Å²) in [5.41, 5.74) is 0. The molecule has 0 unspecified atom stereocenters. The molecule has 1 aliphatic rings. The Morgan fingerprint density at radius 1 is 1.58 bits per heavy atom. The summed E-state index contributed by atoms with van der Waals surface area (Å²) in [4.78, 5) is 2.45. The lowest BCUT2D eigenvalue weighted by Crippen LogP contribution is -2.43. The zero-order valence-corrected chi connectivity index (χ0v) is 8.18. The predicted molar refractivity (Wildman–Crippen MR) is 50.4 cm³/mol. The monoisotopic (exact) mass is 172 g/mol. The average Bonchev–Trinajstić information content (AvgIpc) is 2.15. The molecule has 0 aliphatic carbocycles. The second kappa shape index (κ2) is 5.51. The highest BCUT2D eigenvalue weighted by molar-refractivity contribution is 4.70. The third-order valence-corrected chi connectivity index (χ3v) is 2.39. The molecule has 72 valence electrons. The fourth-order valence-electron chi connectivity index (χ4n) is 1.55. The standard InChI is InChI=1S/C9H20N2O/c1-3-11-6-7-12-9(8-11)4-5-10-2/h9-10H,3-8H2,1-2H3/t9-/m1/s1. The Bertz CT molecular complexity index is 119. The lowest BCUT2D eigenvalue weighted by Gasteiger charge is -2.32. The van der Waals surface area contributed by atoms with Gasteiger partial charge in [0.05, 0.1) is 12.7 Å². The Balaban J connectivity index is 2.16. The lowest BCUT2D eigenvalue weighted by molar-refractivity contribution is -0.0296. The van der Waals surface area contributed by atoms with E-state index in [9.17, 15) is 0 Å². The number of ether oxygens (including phenoxy) is 1. The summed E-state index contributed by atoms with van der Waals surface area (Å²) in [6.45, 7) is 7.54. The Morgan fingerprint density at radius 2 is 2.42 bits per heavy atom. The van der Waals surface area contributed by atoms with Gasteiger partial charge >= 0.3 is 0 Å². The third-order valence-electron chi connectivity index (χ3n) is 2.39. The maximum Gasteiger partial charge on any atom is 0.0714 e. The molecule has 1 aliphatic heterocycles. The van der Waals surface area contributed by atoms with Crippen molar-refractivity contribution in [2.75, 3.05) is 39.8 Å². The summed E-state index contributed by atoms with van der Waals surface area (Å²) in [5, 5.41) is 3.15. The Kier molecular flexibility index (Phi) is 4.58. The Labute approximate surface area is 75.1 Å². The molecule has 1 atom stereocenters. The number of hydrogen-bond donors (Lipinski definition) is 1. The van der Waals surface area contributed by atoms with E-state index < -0.39 is 0 Å². The topological polar surface area (TPSA) is 24.5 Å². The van der Waals surface area contributed by atoms with Crippen LogP contribution in [0, 0.1) is 0 Å². The molecule has 3 heteroatoms. The molecule has 12 heavy (non-hydrogen) atoms. The van der Waals surface area contributed by atoms with E-state index >= 15 is 0 Å². The number of nitrogens with one attached hydrogen (secondary N) is 1. The molecule has 0 aromatic heterocycles. The van der Waals surface area contributed by atoms with Crippen LogP contribution in [0.1, 0.15) is 13.3 Å². The number of rotatable bonds is 4. The molecule has 3 nitrogen and oxygen atoms in total. The zero-order valence-electron chi connectivity index (χ0n) is 8.18. The van der Waals surface area contributed by atoms with Crippen LogP contribution in [-0.4, -0.2) is 50.8 Å². The maximum absolute atomic E-state index is 5.63. The summed E-state index contributed by atoms with van der Waals surface area (Å²) in [5.74, 6) is 0. The molecule has 0 spiro atoms. The van der Waals surface area contributed by atoms with E-state index in [1.807, 2.05) is 7.05 Å². The lowest BCUT2D eigenvalue weighted by atomic mass is 10.2. The fraction of sp³-hybridized carbons (Fsp3) is 1.00. The second-order valence-corrected chi connectivity index (χ2v) is 3.28. The first-order valence-corrected chi connectivity index (χ1v) is 4.85. The van der Waals surface area contributed by atoms with Crippen LogP contribution in [0.3, 0.4) is 0 Å². The maximum atomic E-state index is 5.63. The van der Waals surface area contributed by atoms with Crippen molar-refractivity contribution in [2.45, 2.75) is 19.4 Å². The van der Waals surface area contributed by atoms with Crippen molar-refractivity contribution in [3.05, 3.63) is 0 Å². The first-order chi connectivity index (χ1) is 5.86. The summed E-state index contributed by atoms with van der Waals surface area (Å²) in [6, 6.07) is 0. The van der Waals surface area contributed by atoms with Gasteiger partial charge in [-0.05, 0) is 26.6 Å². The highest BCUT2D eigenvalue weighted by atomic mass is 16.5. The van der Waals surface area contributed by atoms with Gasteiger partial charge in [0.2, 0.25) is 0 Å². The number of likely N-dealkylation sites (N-methyl/N-ethyl adjacent to an activating group) is 1. The normalized spacial score (nSPS) is 26.0. The van der Waals surface area contributed by atoms with E-state index in [4.69, 9.17) is 4.74 Å². The minimum atomic E-state index is 0.450. The van der Waals surface area contributed by atoms with Crippen LogP contribution in [0.2, 0.25) is 0 Å². The quantitative estimate of drug-likeness (QED) is 0.661. The van der Waals surface area contributed by atoms with Crippen LogP contribution in [0.15, 0.2) is 0 Å². The van der Waals surface area contributed by atoms with Gasteiger partial charge in [-0.1, -0.05) is 6.92 Å². The van der Waals surface area contributed by atoms with Crippen LogP contribution < -0.4 is 5.32 Å². The van der Waals surface area contributed by atoms with Crippen LogP contribution in [0.25, 0.3) is 0 Å². The zero-order chi connectivity index (χ0) is 8.81.